The number of hydrogen-bond acceptors (Lipinski definition) is 6. The number of rotatable bonds is 4. The van der Waals surface area contributed by atoms with E-state index in [-0.39, 0.29) is 16.9 Å². The minimum atomic E-state index is -3.91. The minimum Gasteiger partial charge on any atom is -0.475 e. The molecule has 0 spiro atoms. The second kappa shape index (κ2) is 9.99. The lowest BCUT2D eigenvalue weighted by atomic mass is 10.00. The highest BCUT2D eigenvalue weighted by Gasteiger charge is 2.21. The van der Waals surface area contributed by atoms with E-state index in [4.69, 9.17) is 4.74 Å². The molecule has 2 heterocycles. The number of hydrogen-bond donors (Lipinski definition) is 2. The molecule has 2 N–H and O–H groups in total. The second-order valence-electron chi connectivity index (χ2n) is 8.99. The summed E-state index contributed by atoms with van der Waals surface area (Å²) in [5.74, 6) is 0.293. The smallest absolute Gasteiger partial charge is 0.264 e. The fourth-order valence-corrected chi connectivity index (χ4v) is 5.42. The molecule has 0 amide bonds. The Balaban J connectivity index is 1.54. The van der Waals surface area contributed by atoms with E-state index in [1.165, 1.54) is 5.56 Å². The first kappa shape index (κ1) is 23.8. The summed E-state index contributed by atoms with van der Waals surface area (Å²) >= 11 is 0. The highest BCUT2D eigenvalue weighted by Crippen LogP contribution is 2.30. The van der Waals surface area contributed by atoms with Crippen LogP contribution in [0.2, 0.25) is 0 Å². The quantitative estimate of drug-likeness (QED) is 0.392. The number of sulfonamides is 1. The Morgan fingerprint density at radius 2 is 1.67 bits per heavy atom. The van der Waals surface area contributed by atoms with E-state index in [9.17, 15) is 8.42 Å². The topological polar surface area (TPSA) is 93.2 Å². The number of ether oxygens (including phenoxy) is 1. The van der Waals surface area contributed by atoms with Gasteiger partial charge in [-0.15, -0.1) is 0 Å². The van der Waals surface area contributed by atoms with Crippen LogP contribution < -0.4 is 14.8 Å². The molecule has 0 saturated carbocycles. The van der Waals surface area contributed by atoms with Gasteiger partial charge >= 0.3 is 0 Å². The third-order valence-electron chi connectivity index (χ3n) is 6.24. The number of fused-ring (bicyclic) bond motifs is 4. The zero-order chi connectivity index (χ0) is 25.1. The molecule has 1 aromatic heterocycles. The number of nitrogens with one attached hydrogen (secondary N) is 2. The Morgan fingerprint density at radius 3 is 2.44 bits per heavy atom. The molecule has 1 aliphatic heterocycles. The first-order valence-electron chi connectivity index (χ1n) is 11.9. The van der Waals surface area contributed by atoms with Gasteiger partial charge in [0.2, 0.25) is 11.8 Å². The minimum absolute atomic E-state index is 0.0232. The Kier molecular flexibility index (Phi) is 6.61. The zero-order valence-electron chi connectivity index (χ0n) is 20.2. The highest BCUT2D eigenvalue weighted by molar-refractivity contribution is 7.92. The van der Waals surface area contributed by atoms with Crippen molar-refractivity contribution in [2.45, 2.75) is 37.6 Å². The predicted molar refractivity (Wildman–Crippen MR) is 142 cm³/mol. The molecule has 0 aliphatic carbocycles. The number of aryl methyl sites for hydroxylation is 3. The molecule has 0 radical (unpaired) electrons. The van der Waals surface area contributed by atoms with Gasteiger partial charge in [0.15, 0.2) is 0 Å². The van der Waals surface area contributed by atoms with Crippen molar-refractivity contribution in [3.63, 3.8) is 0 Å². The van der Waals surface area contributed by atoms with E-state index in [0.717, 1.165) is 29.5 Å². The van der Waals surface area contributed by atoms with Crippen molar-refractivity contribution in [3.05, 3.63) is 95.6 Å². The van der Waals surface area contributed by atoms with Crippen LogP contribution in [0.25, 0.3) is 11.3 Å². The van der Waals surface area contributed by atoms with E-state index >= 15 is 0 Å². The van der Waals surface area contributed by atoms with Gasteiger partial charge in [-0.05, 0) is 61.6 Å². The van der Waals surface area contributed by atoms with Crippen LogP contribution in [0.4, 0.5) is 11.6 Å². The summed E-state index contributed by atoms with van der Waals surface area (Å²) in [5.41, 5.74) is 5.54. The Bertz CT molecular complexity index is 1470. The molecular weight excluding hydrogens is 472 g/mol. The summed E-state index contributed by atoms with van der Waals surface area (Å²) in [4.78, 5) is 9.08. The number of anilines is 2. The maximum Gasteiger partial charge on any atom is 0.264 e. The molecule has 0 unspecified atom stereocenters. The van der Waals surface area contributed by atoms with E-state index in [1.807, 2.05) is 56.3 Å². The van der Waals surface area contributed by atoms with E-state index in [1.54, 1.807) is 24.3 Å². The van der Waals surface area contributed by atoms with Crippen molar-refractivity contribution < 1.29 is 13.2 Å². The van der Waals surface area contributed by atoms with Crippen LogP contribution in [0.5, 0.6) is 5.88 Å². The summed E-state index contributed by atoms with van der Waals surface area (Å²) in [6, 6.07) is 24.7. The average molecular weight is 501 g/mol. The molecule has 1 atom stereocenters. The van der Waals surface area contributed by atoms with Gasteiger partial charge in [0.25, 0.3) is 10.0 Å². The maximum atomic E-state index is 13.2. The van der Waals surface area contributed by atoms with Crippen LogP contribution in [0.3, 0.4) is 0 Å². The van der Waals surface area contributed by atoms with Crippen molar-refractivity contribution in [2.24, 2.45) is 0 Å². The standard InChI is InChI=1S/C28H28N4O3S/c1-19-8-6-9-20(2)27(19)25-17-26-31-28(30-25)32-36(33,34)24-13-7-12-22(16-24)29-23(18-35-26)15-14-21-10-4-3-5-11-21/h3-13,16-17,23,29H,14-15,18H2,1-2H3,(H,30,31,32)/t23-/m1/s1. The Morgan fingerprint density at radius 1 is 0.917 bits per heavy atom. The van der Waals surface area contributed by atoms with Gasteiger partial charge < -0.3 is 10.1 Å². The maximum absolute atomic E-state index is 13.2. The van der Waals surface area contributed by atoms with Crippen molar-refractivity contribution in [3.8, 4) is 17.1 Å². The molecule has 8 heteroatoms. The van der Waals surface area contributed by atoms with Gasteiger partial charge in [0.1, 0.15) is 6.61 Å². The summed E-state index contributed by atoms with van der Waals surface area (Å²) in [6.07, 6.45) is 1.64. The lowest BCUT2D eigenvalue weighted by Crippen LogP contribution is -2.28. The molecule has 0 fully saturated rings. The SMILES string of the molecule is Cc1cccc(C)c1-c1cc2nc(n1)NS(=O)(=O)c1cccc(c1)N[C@H](CCc1ccccc1)CO2. The third-order valence-corrected chi connectivity index (χ3v) is 7.56. The zero-order valence-corrected chi connectivity index (χ0v) is 21.0. The Labute approximate surface area is 211 Å². The highest BCUT2D eigenvalue weighted by atomic mass is 32.2. The van der Waals surface area contributed by atoms with E-state index in [0.29, 0.717) is 23.9 Å². The molecule has 1 aliphatic rings. The molecule has 5 rings (SSSR count). The fraction of sp³-hybridized carbons (Fsp3) is 0.214. The van der Waals surface area contributed by atoms with Crippen LogP contribution in [0.1, 0.15) is 23.1 Å². The summed E-state index contributed by atoms with van der Waals surface area (Å²) in [6.45, 7) is 4.36. The van der Waals surface area contributed by atoms with Crippen LogP contribution in [-0.2, 0) is 16.4 Å². The van der Waals surface area contributed by atoms with Gasteiger partial charge in [0, 0.05) is 17.3 Å². The lowest BCUT2D eigenvalue weighted by molar-refractivity contribution is 0.281. The fourth-order valence-electron chi connectivity index (χ4n) is 4.43. The molecule has 184 valence electrons. The molecule has 0 saturated heterocycles. The third kappa shape index (κ3) is 5.33. The molecule has 4 bridgehead atoms. The van der Waals surface area contributed by atoms with Gasteiger partial charge in [-0.2, -0.15) is 4.98 Å². The average Bonchev–Trinajstić information content (AvgIpc) is 2.85. The van der Waals surface area contributed by atoms with Gasteiger partial charge in [0.05, 0.1) is 16.6 Å². The summed E-state index contributed by atoms with van der Waals surface area (Å²) < 4.78 is 35.1. The number of nitrogens with zero attached hydrogens (tertiary/aromatic N) is 2. The number of benzene rings is 3. The Hall–Kier alpha value is -3.91. The normalized spacial score (nSPS) is 16.4. The first-order valence-corrected chi connectivity index (χ1v) is 13.4. The molecule has 4 aromatic rings. The van der Waals surface area contributed by atoms with Crippen molar-refractivity contribution >= 4 is 21.7 Å². The summed E-state index contributed by atoms with van der Waals surface area (Å²) in [7, 11) is -3.91. The van der Waals surface area contributed by atoms with Crippen molar-refractivity contribution in [2.75, 3.05) is 16.6 Å². The van der Waals surface area contributed by atoms with E-state index in [2.05, 4.69) is 32.1 Å². The molecule has 7 nitrogen and oxygen atoms in total. The summed E-state index contributed by atoms with van der Waals surface area (Å²) in [5, 5.41) is 3.46. The predicted octanol–water partition coefficient (Wildman–Crippen LogP) is 5.37. The van der Waals surface area contributed by atoms with Crippen LogP contribution in [-0.4, -0.2) is 31.0 Å². The first-order chi connectivity index (χ1) is 17.4. The van der Waals surface area contributed by atoms with Gasteiger partial charge in [-0.3, -0.25) is 0 Å². The van der Waals surface area contributed by atoms with Gasteiger partial charge in [-0.1, -0.05) is 54.6 Å². The molecule has 36 heavy (non-hydrogen) atoms. The largest absolute Gasteiger partial charge is 0.475 e. The molecule has 3 aromatic carbocycles. The van der Waals surface area contributed by atoms with Crippen LogP contribution in [0, 0.1) is 13.8 Å². The second-order valence-corrected chi connectivity index (χ2v) is 10.7. The lowest BCUT2D eigenvalue weighted by Gasteiger charge is -2.22. The van der Waals surface area contributed by atoms with Crippen molar-refractivity contribution in [1.29, 1.82) is 0 Å². The van der Waals surface area contributed by atoms with E-state index < -0.39 is 10.0 Å². The molecular formula is C28H28N4O3S. The number of aromatic nitrogens is 2. The van der Waals surface area contributed by atoms with Crippen LogP contribution in [0.15, 0.2) is 83.8 Å². The van der Waals surface area contributed by atoms with Gasteiger partial charge in [-0.25, -0.2) is 18.1 Å². The van der Waals surface area contributed by atoms with Crippen molar-refractivity contribution in [1.82, 2.24) is 9.97 Å². The monoisotopic (exact) mass is 500 g/mol. The van der Waals surface area contributed by atoms with Crippen LogP contribution >= 0.6 is 0 Å².